The predicted molar refractivity (Wildman–Crippen MR) is 127 cm³/mol. The number of methoxy groups -OCH3 is 1. The third kappa shape index (κ3) is 6.70. The zero-order valence-electron chi connectivity index (χ0n) is 16.8. The van der Waals surface area contributed by atoms with Crippen molar-refractivity contribution in [2.24, 2.45) is 4.99 Å². The van der Waals surface area contributed by atoms with Crippen molar-refractivity contribution < 1.29 is 9.47 Å². The molecular formula is C19H32ClIN4O2S. The van der Waals surface area contributed by atoms with Gasteiger partial charge in [0, 0.05) is 77.3 Å². The van der Waals surface area contributed by atoms with Crippen LogP contribution in [0.5, 0.6) is 0 Å². The van der Waals surface area contributed by atoms with Crippen molar-refractivity contribution in [2.75, 3.05) is 59.6 Å². The molecule has 0 atom stereocenters. The third-order valence-electron chi connectivity index (χ3n) is 5.37. The lowest BCUT2D eigenvalue weighted by atomic mass is 9.94. The molecule has 1 aromatic rings. The SMILES string of the molecule is CCNC(=NCC1(OC)CCOCC1)N1CCN(Cc2ccc(Cl)s2)CC1.I. The molecule has 9 heteroatoms. The van der Waals surface area contributed by atoms with E-state index in [1.165, 1.54) is 4.88 Å². The van der Waals surface area contributed by atoms with E-state index in [1.807, 2.05) is 6.07 Å². The summed E-state index contributed by atoms with van der Waals surface area (Å²) < 4.78 is 12.2. The monoisotopic (exact) mass is 542 g/mol. The van der Waals surface area contributed by atoms with Gasteiger partial charge in [-0.05, 0) is 19.1 Å². The lowest BCUT2D eigenvalue weighted by Gasteiger charge is -2.38. The molecule has 2 aliphatic rings. The lowest BCUT2D eigenvalue weighted by molar-refractivity contribution is -0.0829. The molecule has 0 unspecified atom stereocenters. The Kier molecular flexibility index (Phi) is 10.3. The van der Waals surface area contributed by atoms with E-state index in [0.717, 1.165) is 75.6 Å². The standard InChI is InChI=1S/C19H31ClN4O2S.HI/c1-3-21-18(22-15-19(25-2)6-12-26-13-7-19)24-10-8-23(9-11-24)14-16-4-5-17(20)27-16;/h4-5H,3,6-15H2,1-2H3,(H,21,22);1H. The number of piperazine rings is 1. The number of hydrogen-bond donors (Lipinski definition) is 1. The van der Waals surface area contributed by atoms with Crippen LogP contribution in [0.4, 0.5) is 0 Å². The maximum absolute atomic E-state index is 6.05. The molecule has 0 amide bonds. The number of nitrogens with one attached hydrogen (secondary N) is 1. The fourth-order valence-corrected chi connectivity index (χ4v) is 4.72. The van der Waals surface area contributed by atoms with Gasteiger partial charge in [-0.1, -0.05) is 11.6 Å². The summed E-state index contributed by atoms with van der Waals surface area (Å²) >= 11 is 7.72. The summed E-state index contributed by atoms with van der Waals surface area (Å²) in [5.74, 6) is 0.999. The normalized spacial score (nSPS) is 20.7. The van der Waals surface area contributed by atoms with E-state index in [1.54, 1.807) is 18.4 Å². The van der Waals surface area contributed by atoms with Gasteiger partial charge in [0.15, 0.2) is 5.96 Å². The van der Waals surface area contributed by atoms with Gasteiger partial charge in [0.25, 0.3) is 0 Å². The molecule has 3 heterocycles. The van der Waals surface area contributed by atoms with Crippen molar-refractivity contribution in [1.82, 2.24) is 15.1 Å². The smallest absolute Gasteiger partial charge is 0.194 e. The molecule has 28 heavy (non-hydrogen) atoms. The second-order valence-corrected chi connectivity index (χ2v) is 8.94. The van der Waals surface area contributed by atoms with Crippen molar-refractivity contribution in [3.63, 3.8) is 0 Å². The maximum atomic E-state index is 6.05. The maximum Gasteiger partial charge on any atom is 0.194 e. The Morgan fingerprint density at radius 2 is 2.00 bits per heavy atom. The summed E-state index contributed by atoms with van der Waals surface area (Å²) in [6, 6.07) is 4.11. The first-order valence-corrected chi connectivity index (χ1v) is 11.0. The van der Waals surface area contributed by atoms with E-state index in [-0.39, 0.29) is 29.6 Å². The number of guanidine groups is 1. The van der Waals surface area contributed by atoms with E-state index in [9.17, 15) is 0 Å². The number of rotatable bonds is 6. The second-order valence-electron chi connectivity index (χ2n) is 7.14. The Balaban J connectivity index is 0.00000280. The number of ether oxygens (including phenoxy) is 2. The van der Waals surface area contributed by atoms with Crippen LogP contribution in [0.25, 0.3) is 0 Å². The topological polar surface area (TPSA) is 49.3 Å². The fraction of sp³-hybridized carbons (Fsp3) is 0.737. The van der Waals surface area contributed by atoms with Crippen LogP contribution in [0.2, 0.25) is 4.34 Å². The predicted octanol–water partition coefficient (Wildman–Crippen LogP) is 3.30. The van der Waals surface area contributed by atoms with E-state index >= 15 is 0 Å². The largest absolute Gasteiger partial charge is 0.381 e. The van der Waals surface area contributed by atoms with Crippen LogP contribution in [0.1, 0.15) is 24.6 Å². The van der Waals surface area contributed by atoms with Gasteiger partial charge in [0.2, 0.25) is 0 Å². The van der Waals surface area contributed by atoms with E-state index in [4.69, 9.17) is 26.1 Å². The molecule has 6 nitrogen and oxygen atoms in total. The third-order valence-corrected chi connectivity index (χ3v) is 6.58. The zero-order chi connectivity index (χ0) is 19.1. The van der Waals surface area contributed by atoms with Gasteiger partial charge >= 0.3 is 0 Å². The Bertz CT molecular complexity index is 617. The van der Waals surface area contributed by atoms with E-state index in [0.29, 0.717) is 6.54 Å². The highest BCUT2D eigenvalue weighted by molar-refractivity contribution is 14.0. The second kappa shape index (κ2) is 11.9. The Labute approximate surface area is 194 Å². The summed E-state index contributed by atoms with van der Waals surface area (Å²) in [6.45, 7) is 10.2. The summed E-state index contributed by atoms with van der Waals surface area (Å²) in [7, 11) is 1.80. The molecule has 0 aliphatic carbocycles. The van der Waals surface area contributed by atoms with Crippen LogP contribution in [-0.4, -0.2) is 81.0 Å². The van der Waals surface area contributed by atoms with E-state index < -0.39 is 0 Å². The molecule has 0 saturated carbocycles. The van der Waals surface area contributed by atoms with Crippen molar-refractivity contribution in [1.29, 1.82) is 0 Å². The van der Waals surface area contributed by atoms with Gasteiger partial charge in [0.1, 0.15) is 0 Å². The molecular weight excluding hydrogens is 511 g/mol. The average Bonchev–Trinajstić information content (AvgIpc) is 3.11. The number of hydrogen-bond acceptors (Lipinski definition) is 5. The summed E-state index contributed by atoms with van der Waals surface area (Å²) in [5, 5.41) is 3.46. The van der Waals surface area contributed by atoms with Gasteiger partial charge in [-0.2, -0.15) is 0 Å². The van der Waals surface area contributed by atoms with Crippen LogP contribution in [0, 0.1) is 0 Å². The molecule has 3 rings (SSSR count). The molecule has 0 spiro atoms. The van der Waals surface area contributed by atoms with Crippen LogP contribution in [0.15, 0.2) is 17.1 Å². The molecule has 2 fully saturated rings. The first-order chi connectivity index (χ1) is 13.1. The number of halogens is 2. The quantitative estimate of drug-likeness (QED) is 0.340. The Morgan fingerprint density at radius 1 is 1.29 bits per heavy atom. The summed E-state index contributed by atoms with van der Waals surface area (Å²) in [5.41, 5.74) is -0.181. The molecule has 1 aromatic heterocycles. The number of aliphatic imine (C=N–C) groups is 1. The lowest BCUT2D eigenvalue weighted by Crippen LogP contribution is -2.52. The molecule has 0 aromatic carbocycles. The summed E-state index contributed by atoms with van der Waals surface area (Å²) in [4.78, 5) is 11.1. The van der Waals surface area contributed by atoms with Gasteiger partial charge in [-0.15, -0.1) is 35.3 Å². The summed E-state index contributed by atoms with van der Waals surface area (Å²) in [6.07, 6.45) is 1.81. The van der Waals surface area contributed by atoms with Crippen LogP contribution in [0.3, 0.4) is 0 Å². The van der Waals surface area contributed by atoms with Crippen molar-refractivity contribution >= 4 is 52.9 Å². The van der Waals surface area contributed by atoms with Crippen LogP contribution in [-0.2, 0) is 16.0 Å². The molecule has 0 bridgehead atoms. The van der Waals surface area contributed by atoms with Crippen molar-refractivity contribution in [2.45, 2.75) is 31.9 Å². The molecule has 2 aliphatic heterocycles. The van der Waals surface area contributed by atoms with Gasteiger partial charge < -0.3 is 19.7 Å². The molecule has 2 saturated heterocycles. The minimum absolute atomic E-state index is 0. The fourth-order valence-electron chi connectivity index (χ4n) is 3.59. The first-order valence-electron chi connectivity index (χ1n) is 9.77. The average molecular weight is 543 g/mol. The highest BCUT2D eigenvalue weighted by Crippen LogP contribution is 2.25. The Hall–Kier alpha value is -0.130. The molecule has 1 N–H and O–H groups in total. The van der Waals surface area contributed by atoms with Crippen LogP contribution < -0.4 is 5.32 Å². The van der Waals surface area contributed by atoms with Crippen molar-refractivity contribution in [3.05, 3.63) is 21.3 Å². The van der Waals surface area contributed by atoms with Crippen molar-refractivity contribution in [3.8, 4) is 0 Å². The minimum Gasteiger partial charge on any atom is -0.381 e. The zero-order valence-corrected chi connectivity index (χ0v) is 20.7. The number of nitrogens with zero attached hydrogens (tertiary/aromatic N) is 3. The highest BCUT2D eigenvalue weighted by Gasteiger charge is 2.32. The van der Waals surface area contributed by atoms with Gasteiger partial charge in [-0.3, -0.25) is 9.89 Å². The van der Waals surface area contributed by atoms with E-state index in [2.05, 4.69) is 28.1 Å². The first kappa shape index (κ1) is 24.1. The molecule has 160 valence electrons. The van der Waals surface area contributed by atoms with Gasteiger partial charge in [0.05, 0.1) is 16.5 Å². The minimum atomic E-state index is -0.181. The van der Waals surface area contributed by atoms with Crippen LogP contribution >= 0.6 is 46.9 Å². The molecule has 0 radical (unpaired) electrons. The highest BCUT2D eigenvalue weighted by atomic mass is 127. The number of thiophene rings is 1. The van der Waals surface area contributed by atoms with Gasteiger partial charge in [-0.25, -0.2) is 0 Å². The Morgan fingerprint density at radius 3 is 2.57 bits per heavy atom.